The molecule has 2 amide bonds. The number of nitrogens with zero attached hydrogens (tertiary/aromatic N) is 1. The van der Waals surface area contributed by atoms with Crippen molar-refractivity contribution in [3.63, 3.8) is 0 Å². The molecule has 2 aromatic rings. The zero-order chi connectivity index (χ0) is 19.3. The van der Waals surface area contributed by atoms with Crippen molar-refractivity contribution in [3.8, 4) is 0 Å². The van der Waals surface area contributed by atoms with Crippen molar-refractivity contribution >= 4 is 29.1 Å². The quantitative estimate of drug-likeness (QED) is 0.842. The van der Waals surface area contributed by atoms with Gasteiger partial charge in [-0.2, -0.15) is 13.2 Å². The first kappa shape index (κ1) is 19.8. The summed E-state index contributed by atoms with van der Waals surface area (Å²) >= 11 is 6.08. The summed E-state index contributed by atoms with van der Waals surface area (Å²) in [5.74, 6) is -0.775. The number of hydrogen-bond donors (Lipinski definition) is 1. The third kappa shape index (κ3) is 4.98. The standard InChI is InChI=1S/C18H16ClF3N2O2/c1-12(25)24(16-5-3-2-4-15(16)19)11-10-23-17(26)13-6-8-14(9-7-13)18(20,21)22/h2-9H,10-11H2,1H3,(H,23,26). The maximum atomic E-state index is 12.5. The van der Waals surface area contributed by atoms with Gasteiger partial charge < -0.3 is 10.2 Å². The van der Waals surface area contributed by atoms with Crippen LogP contribution >= 0.6 is 11.6 Å². The van der Waals surface area contributed by atoms with Gasteiger partial charge in [-0.3, -0.25) is 9.59 Å². The Labute approximate surface area is 153 Å². The first-order valence-electron chi connectivity index (χ1n) is 7.68. The average molecular weight is 385 g/mol. The Hall–Kier alpha value is -2.54. The van der Waals surface area contributed by atoms with E-state index in [0.717, 1.165) is 24.3 Å². The highest BCUT2D eigenvalue weighted by molar-refractivity contribution is 6.33. The van der Waals surface area contributed by atoms with Crippen molar-refractivity contribution < 1.29 is 22.8 Å². The van der Waals surface area contributed by atoms with Gasteiger partial charge in [-0.1, -0.05) is 23.7 Å². The fourth-order valence-corrected chi connectivity index (χ4v) is 2.55. The lowest BCUT2D eigenvalue weighted by Crippen LogP contribution is -2.37. The summed E-state index contributed by atoms with van der Waals surface area (Å²) in [5, 5.41) is 2.97. The second-order valence-electron chi connectivity index (χ2n) is 5.45. The number of hydrogen-bond acceptors (Lipinski definition) is 2. The van der Waals surface area contributed by atoms with E-state index in [0.29, 0.717) is 10.7 Å². The van der Waals surface area contributed by atoms with Crippen LogP contribution < -0.4 is 10.2 Å². The summed E-state index contributed by atoms with van der Waals surface area (Å²) in [6.07, 6.45) is -4.45. The minimum Gasteiger partial charge on any atom is -0.350 e. The predicted molar refractivity (Wildman–Crippen MR) is 93.3 cm³/mol. The summed E-state index contributed by atoms with van der Waals surface area (Å²) in [4.78, 5) is 25.3. The second-order valence-corrected chi connectivity index (χ2v) is 5.86. The highest BCUT2D eigenvalue weighted by Gasteiger charge is 2.30. The van der Waals surface area contributed by atoms with Crippen molar-refractivity contribution in [2.24, 2.45) is 0 Å². The van der Waals surface area contributed by atoms with Crippen molar-refractivity contribution in [2.45, 2.75) is 13.1 Å². The average Bonchev–Trinajstić information content (AvgIpc) is 2.58. The minimum absolute atomic E-state index is 0.102. The van der Waals surface area contributed by atoms with Crippen LogP contribution in [0.4, 0.5) is 18.9 Å². The summed E-state index contributed by atoms with van der Waals surface area (Å²) in [6.45, 7) is 1.66. The Kier molecular flexibility index (Phi) is 6.26. The van der Waals surface area contributed by atoms with Crippen molar-refractivity contribution in [3.05, 3.63) is 64.7 Å². The molecule has 0 fully saturated rings. The van der Waals surface area contributed by atoms with E-state index in [2.05, 4.69) is 5.32 Å². The molecule has 0 aliphatic rings. The largest absolute Gasteiger partial charge is 0.416 e. The zero-order valence-electron chi connectivity index (χ0n) is 13.8. The number of carbonyl (C=O) groups excluding carboxylic acids is 2. The number of nitrogens with one attached hydrogen (secondary N) is 1. The molecule has 138 valence electrons. The third-order valence-electron chi connectivity index (χ3n) is 3.62. The Morgan fingerprint density at radius 2 is 1.69 bits per heavy atom. The summed E-state index contributed by atoms with van der Waals surface area (Å²) < 4.78 is 37.6. The maximum absolute atomic E-state index is 12.5. The Bertz CT molecular complexity index is 792. The molecule has 0 heterocycles. The molecule has 0 atom stereocenters. The third-order valence-corrected chi connectivity index (χ3v) is 3.94. The van der Waals surface area contributed by atoms with E-state index in [9.17, 15) is 22.8 Å². The zero-order valence-corrected chi connectivity index (χ0v) is 14.6. The Morgan fingerprint density at radius 1 is 1.08 bits per heavy atom. The van der Waals surface area contributed by atoms with Crippen molar-refractivity contribution in [1.29, 1.82) is 0 Å². The van der Waals surface area contributed by atoms with Gasteiger partial charge in [-0.25, -0.2) is 0 Å². The van der Waals surface area contributed by atoms with Gasteiger partial charge in [0, 0.05) is 25.6 Å². The molecular formula is C18H16ClF3N2O2. The van der Waals surface area contributed by atoms with Crippen molar-refractivity contribution in [2.75, 3.05) is 18.0 Å². The highest BCUT2D eigenvalue weighted by atomic mass is 35.5. The topological polar surface area (TPSA) is 49.4 Å². The molecular weight excluding hydrogens is 369 g/mol. The molecule has 4 nitrogen and oxygen atoms in total. The fourth-order valence-electron chi connectivity index (χ4n) is 2.31. The number of alkyl halides is 3. The molecule has 0 aliphatic carbocycles. The predicted octanol–water partition coefficient (Wildman–Crippen LogP) is 4.14. The monoisotopic (exact) mass is 384 g/mol. The first-order chi connectivity index (χ1) is 12.2. The van der Waals surface area contributed by atoms with Crippen LogP contribution in [0, 0.1) is 0 Å². The van der Waals surface area contributed by atoms with Crippen LogP contribution in [-0.2, 0) is 11.0 Å². The summed E-state index contributed by atoms with van der Waals surface area (Å²) in [7, 11) is 0. The minimum atomic E-state index is -4.45. The second kappa shape index (κ2) is 8.23. The molecule has 0 saturated carbocycles. The van der Waals surface area contributed by atoms with E-state index >= 15 is 0 Å². The highest BCUT2D eigenvalue weighted by Crippen LogP contribution is 2.29. The van der Waals surface area contributed by atoms with E-state index in [1.54, 1.807) is 24.3 Å². The molecule has 0 aliphatic heterocycles. The molecule has 8 heteroatoms. The van der Waals surface area contributed by atoms with Crippen LogP contribution in [0.5, 0.6) is 0 Å². The van der Waals surface area contributed by atoms with Gasteiger partial charge in [0.15, 0.2) is 0 Å². The number of carbonyl (C=O) groups is 2. The van der Waals surface area contributed by atoms with E-state index in [4.69, 9.17) is 11.6 Å². The molecule has 0 aromatic heterocycles. The van der Waals surface area contributed by atoms with Crippen molar-refractivity contribution in [1.82, 2.24) is 5.32 Å². The molecule has 2 rings (SSSR count). The van der Waals surface area contributed by atoms with E-state index in [-0.39, 0.29) is 24.6 Å². The van der Waals surface area contributed by atoms with Crippen LogP contribution in [0.3, 0.4) is 0 Å². The number of benzene rings is 2. The lowest BCUT2D eigenvalue weighted by molar-refractivity contribution is -0.137. The van der Waals surface area contributed by atoms with E-state index < -0.39 is 17.6 Å². The van der Waals surface area contributed by atoms with Gasteiger partial charge in [-0.15, -0.1) is 0 Å². The molecule has 2 aromatic carbocycles. The fraction of sp³-hybridized carbons (Fsp3) is 0.222. The number of anilines is 1. The van der Waals surface area contributed by atoms with Gasteiger partial charge >= 0.3 is 6.18 Å². The van der Waals surface area contributed by atoms with Crippen LogP contribution in [-0.4, -0.2) is 24.9 Å². The molecule has 0 radical (unpaired) electrons. The van der Waals surface area contributed by atoms with Crippen LogP contribution in [0.25, 0.3) is 0 Å². The van der Waals surface area contributed by atoms with E-state index in [1.807, 2.05) is 0 Å². The van der Waals surface area contributed by atoms with Crippen LogP contribution in [0.2, 0.25) is 5.02 Å². The smallest absolute Gasteiger partial charge is 0.350 e. The Morgan fingerprint density at radius 3 is 2.23 bits per heavy atom. The molecule has 0 unspecified atom stereocenters. The molecule has 0 saturated heterocycles. The normalized spacial score (nSPS) is 11.1. The van der Waals surface area contributed by atoms with Crippen LogP contribution in [0.15, 0.2) is 48.5 Å². The maximum Gasteiger partial charge on any atom is 0.416 e. The Balaban J connectivity index is 1.98. The number of rotatable bonds is 5. The number of amides is 2. The molecule has 1 N–H and O–H groups in total. The lowest BCUT2D eigenvalue weighted by atomic mass is 10.1. The summed E-state index contributed by atoms with van der Waals surface area (Å²) in [6, 6.07) is 10.7. The van der Waals surface area contributed by atoms with E-state index in [1.165, 1.54) is 11.8 Å². The van der Waals surface area contributed by atoms with Gasteiger partial charge in [-0.05, 0) is 36.4 Å². The number of halogens is 4. The van der Waals surface area contributed by atoms with Gasteiger partial charge in [0.2, 0.25) is 5.91 Å². The summed E-state index contributed by atoms with van der Waals surface area (Å²) in [5.41, 5.74) is -0.203. The van der Waals surface area contributed by atoms with Crippen LogP contribution in [0.1, 0.15) is 22.8 Å². The van der Waals surface area contributed by atoms with Gasteiger partial charge in [0.1, 0.15) is 0 Å². The number of para-hydroxylation sites is 1. The molecule has 0 spiro atoms. The molecule has 0 bridgehead atoms. The first-order valence-corrected chi connectivity index (χ1v) is 8.06. The van der Waals surface area contributed by atoms with Gasteiger partial charge in [0.25, 0.3) is 5.91 Å². The molecule has 26 heavy (non-hydrogen) atoms. The van der Waals surface area contributed by atoms with Gasteiger partial charge in [0.05, 0.1) is 16.3 Å². The lowest BCUT2D eigenvalue weighted by Gasteiger charge is -2.22. The SMILES string of the molecule is CC(=O)N(CCNC(=O)c1ccc(C(F)(F)F)cc1)c1ccccc1Cl.